The molecule has 0 bridgehead atoms. The summed E-state index contributed by atoms with van der Waals surface area (Å²) >= 11 is -3.06. The SMILES string of the molecule is C1CCCNCC1.[Cl][Pt]([Cl])([Cl])[Cl]. The van der Waals surface area contributed by atoms with E-state index >= 15 is 0 Å². The van der Waals surface area contributed by atoms with Crippen LogP contribution < -0.4 is 5.32 Å². The van der Waals surface area contributed by atoms with E-state index in [2.05, 4.69) is 5.32 Å². The summed E-state index contributed by atoms with van der Waals surface area (Å²) in [5.74, 6) is 0. The number of nitrogens with one attached hydrogen (secondary N) is 1. The Morgan fingerprint density at radius 2 is 1.08 bits per heavy atom. The molecule has 0 saturated carbocycles. The van der Waals surface area contributed by atoms with Crippen LogP contribution in [0.3, 0.4) is 0 Å². The predicted molar refractivity (Wildman–Crippen MR) is 54.7 cm³/mol. The van der Waals surface area contributed by atoms with Crippen molar-refractivity contribution in [3.63, 3.8) is 0 Å². The second-order valence-electron chi connectivity index (χ2n) is 2.44. The summed E-state index contributed by atoms with van der Waals surface area (Å²) in [6, 6.07) is 0. The van der Waals surface area contributed by atoms with Crippen molar-refractivity contribution in [2.24, 2.45) is 0 Å². The Labute approximate surface area is 93.0 Å². The van der Waals surface area contributed by atoms with Crippen LogP contribution in [0.25, 0.3) is 0 Å². The first-order chi connectivity index (χ1) is 5.50. The van der Waals surface area contributed by atoms with E-state index in [1.54, 1.807) is 0 Å². The van der Waals surface area contributed by atoms with Crippen molar-refractivity contribution in [2.75, 3.05) is 13.1 Å². The van der Waals surface area contributed by atoms with Gasteiger partial charge in [0.25, 0.3) is 0 Å². The Balaban J connectivity index is 0.000000217. The van der Waals surface area contributed by atoms with Crippen molar-refractivity contribution < 1.29 is 11.9 Å². The van der Waals surface area contributed by atoms with Gasteiger partial charge in [-0.15, -0.1) is 0 Å². The fourth-order valence-electron chi connectivity index (χ4n) is 0.979. The summed E-state index contributed by atoms with van der Waals surface area (Å²) in [5.41, 5.74) is 0. The number of hydrogen-bond donors (Lipinski definition) is 1. The van der Waals surface area contributed by atoms with E-state index < -0.39 is 11.9 Å². The third kappa shape index (κ3) is 17.8. The molecule has 1 saturated heterocycles. The molecular formula is C6H13Cl4NPt. The summed E-state index contributed by atoms with van der Waals surface area (Å²) in [6.45, 7) is 2.50. The van der Waals surface area contributed by atoms with Crippen LogP contribution >= 0.6 is 37.7 Å². The Kier molecular flexibility index (Phi) is 9.37. The zero-order valence-corrected chi connectivity index (χ0v) is 11.9. The Bertz CT molecular complexity index is 80.6. The Morgan fingerprint density at radius 3 is 1.42 bits per heavy atom. The molecule has 6 heteroatoms. The maximum absolute atomic E-state index is 5.01. The monoisotopic (exact) mass is 434 g/mol. The molecule has 1 aliphatic heterocycles. The number of hydrogen-bond acceptors (Lipinski definition) is 1. The average molecular weight is 436 g/mol. The molecule has 1 N–H and O–H groups in total. The average Bonchev–Trinajstić information content (AvgIpc) is 2.10. The van der Waals surface area contributed by atoms with Gasteiger partial charge >= 0.3 is 49.6 Å². The molecule has 0 aromatic carbocycles. The maximum atomic E-state index is 5.01. The third-order valence-electron chi connectivity index (χ3n) is 1.46. The summed E-state index contributed by atoms with van der Waals surface area (Å²) in [4.78, 5) is 0. The van der Waals surface area contributed by atoms with E-state index in [-0.39, 0.29) is 0 Å². The van der Waals surface area contributed by atoms with E-state index in [1.807, 2.05) is 0 Å². The molecule has 0 aromatic rings. The van der Waals surface area contributed by atoms with Crippen LogP contribution in [0.2, 0.25) is 0 Å². The van der Waals surface area contributed by atoms with E-state index in [0.717, 1.165) is 0 Å². The molecule has 0 aromatic heterocycles. The molecule has 0 radical (unpaired) electrons. The minimum absolute atomic E-state index is 1.25. The molecule has 12 heavy (non-hydrogen) atoms. The van der Waals surface area contributed by atoms with Gasteiger partial charge in [-0.25, -0.2) is 0 Å². The van der Waals surface area contributed by atoms with Gasteiger partial charge in [0.1, 0.15) is 0 Å². The molecule has 0 amide bonds. The first-order valence-corrected chi connectivity index (χ1v) is 14.9. The summed E-state index contributed by atoms with van der Waals surface area (Å²) < 4.78 is 0. The van der Waals surface area contributed by atoms with Gasteiger partial charge in [0, 0.05) is 0 Å². The fourth-order valence-corrected chi connectivity index (χ4v) is 0.979. The van der Waals surface area contributed by atoms with Gasteiger partial charge in [0.15, 0.2) is 0 Å². The van der Waals surface area contributed by atoms with Crippen LogP contribution in [-0.4, -0.2) is 13.1 Å². The van der Waals surface area contributed by atoms with Crippen LogP contribution in [0.5, 0.6) is 0 Å². The molecule has 0 aliphatic carbocycles. The zero-order valence-electron chi connectivity index (χ0n) is 6.57. The summed E-state index contributed by atoms with van der Waals surface area (Å²) in [7, 11) is 20.0. The first-order valence-electron chi connectivity index (χ1n) is 3.69. The van der Waals surface area contributed by atoms with E-state index in [0.29, 0.717) is 0 Å². The van der Waals surface area contributed by atoms with Crippen LogP contribution in [-0.2, 0) is 11.9 Å². The van der Waals surface area contributed by atoms with Crippen molar-refractivity contribution >= 4 is 37.7 Å². The summed E-state index contributed by atoms with van der Waals surface area (Å²) in [5, 5.41) is 3.35. The molecule has 1 aliphatic rings. The van der Waals surface area contributed by atoms with E-state index in [9.17, 15) is 0 Å². The minimum atomic E-state index is -3.06. The standard InChI is InChI=1S/C6H13N.4ClH.Pt/c1-2-4-6-7-5-3-1;;;;;/h7H,1-6H2;4*1H;/q;;;;;+4/p-4. The van der Waals surface area contributed by atoms with Crippen molar-refractivity contribution in [1.29, 1.82) is 0 Å². The topological polar surface area (TPSA) is 12.0 Å². The van der Waals surface area contributed by atoms with Crippen molar-refractivity contribution in [1.82, 2.24) is 5.32 Å². The van der Waals surface area contributed by atoms with Crippen LogP contribution in [0.4, 0.5) is 0 Å². The Hall–Kier alpha value is 1.81. The first kappa shape index (κ1) is 13.8. The molecule has 80 valence electrons. The van der Waals surface area contributed by atoms with Crippen molar-refractivity contribution in [3.05, 3.63) is 0 Å². The number of halogens is 4. The summed E-state index contributed by atoms with van der Waals surface area (Å²) in [6.07, 6.45) is 5.65. The van der Waals surface area contributed by atoms with Gasteiger partial charge in [0.05, 0.1) is 0 Å². The molecule has 0 unspecified atom stereocenters. The molecule has 1 fully saturated rings. The van der Waals surface area contributed by atoms with Gasteiger partial charge in [0.2, 0.25) is 0 Å². The van der Waals surface area contributed by atoms with Gasteiger partial charge < -0.3 is 5.32 Å². The van der Waals surface area contributed by atoms with Crippen LogP contribution in [0.15, 0.2) is 0 Å². The quantitative estimate of drug-likeness (QED) is 0.608. The molecule has 0 spiro atoms. The predicted octanol–water partition coefficient (Wildman–Crippen LogP) is 3.91. The molecule has 1 rings (SSSR count). The van der Waals surface area contributed by atoms with Gasteiger partial charge in [-0.05, 0) is 25.9 Å². The number of rotatable bonds is 0. The third-order valence-corrected chi connectivity index (χ3v) is 1.46. The Morgan fingerprint density at radius 1 is 0.750 bits per heavy atom. The molecule has 1 nitrogen and oxygen atoms in total. The van der Waals surface area contributed by atoms with Crippen LogP contribution in [0.1, 0.15) is 25.7 Å². The van der Waals surface area contributed by atoms with Gasteiger partial charge in [-0.3, -0.25) is 0 Å². The molecular weight excluding hydrogens is 423 g/mol. The second-order valence-corrected chi connectivity index (χ2v) is 22.1. The normalized spacial score (nSPS) is 20.3. The molecule has 1 heterocycles. The van der Waals surface area contributed by atoms with Crippen molar-refractivity contribution in [3.8, 4) is 0 Å². The molecule has 0 atom stereocenters. The van der Waals surface area contributed by atoms with Gasteiger partial charge in [-0.1, -0.05) is 12.8 Å². The fraction of sp³-hybridized carbons (Fsp3) is 1.00. The zero-order chi connectivity index (χ0) is 9.45. The van der Waals surface area contributed by atoms with E-state index in [4.69, 9.17) is 37.7 Å². The van der Waals surface area contributed by atoms with E-state index in [1.165, 1.54) is 38.8 Å². The van der Waals surface area contributed by atoms with Crippen LogP contribution in [0, 0.1) is 0 Å². The second kappa shape index (κ2) is 8.14. The van der Waals surface area contributed by atoms with Crippen molar-refractivity contribution in [2.45, 2.75) is 25.7 Å². The van der Waals surface area contributed by atoms with Gasteiger partial charge in [-0.2, -0.15) is 0 Å².